The maximum absolute atomic E-state index is 13.5. The number of nitrogens with one attached hydrogen (secondary N) is 1. The summed E-state index contributed by atoms with van der Waals surface area (Å²) in [6, 6.07) is 18.8. The summed E-state index contributed by atoms with van der Waals surface area (Å²) in [6.07, 6.45) is 5.88. The molecule has 0 amide bonds. The highest BCUT2D eigenvalue weighted by Gasteiger charge is 2.50. The van der Waals surface area contributed by atoms with Gasteiger partial charge in [-0.3, -0.25) is 9.36 Å². The van der Waals surface area contributed by atoms with Crippen molar-refractivity contribution in [2.24, 2.45) is 0 Å². The summed E-state index contributed by atoms with van der Waals surface area (Å²) in [5, 5.41) is 3.58. The Labute approximate surface area is 164 Å². The quantitative estimate of drug-likeness (QED) is 0.647. The van der Waals surface area contributed by atoms with Crippen molar-refractivity contribution in [2.75, 3.05) is 5.32 Å². The van der Waals surface area contributed by atoms with E-state index in [1.165, 1.54) is 5.56 Å². The van der Waals surface area contributed by atoms with E-state index in [1.54, 1.807) is 0 Å². The SMILES string of the molecule is O=C1C[C@H](c2ccccc2)CC2=C1C1(CCCC1)n1c(nc3ccccc31)N2. The van der Waals surface area contributed by atoms with E-state index in [-0.39, 0.29) is 11.5 Å². The molecule has 140 valence electrons. The first-order chi connectivity index (χ1) is 13.8. The molecule has 1 N–H and O–H groups in total. The number of carbonyl (C=O) groups is 1. The maximum Gasteiger partial charge on any atom is 0.208 e. The fourth-order valence-corrected chi connectivity index (χ4v) is 5.75. The van der Waals surface area contributed by atoms with Crippen LogP contribution in [0.3, 0.4) is 0 Å². The van der Waals surface area contributed by atoms with Gasteiger partial charge in [-0.15, -0.1) is 0 Å². The van der Waals surface area contributed by atoms with Crippen molar-refractivity contribution in [3.63, 3.8) is 0 Å². The van der Waals surface area contributed by atoms with Crippen LogP contribution in [-0.4, -0.2) is 15.3 Å². The van der Waals surface area contributed by atoms with Gasteiger partial charge >= 0.3 is 0 Å². The van der Waals surface area contributed by atoms with Crippen LogP contribution in [0.1, 0.15) is 50.0 Å². The average Bonchev–Trinajstić information content (AvgIpc) is 3.33. The molecule has 0 radical (unpaired) electrons. The maximum atomic E-state index is 13.5. The topological polar surface area (TPSA) is 46.9 Å². The molecule has 1 saturated carbocycles. The zero-order chi connectivity index (χ0) is 18.7. The number of rotatable bonds is 1. The number of fused-ring (bicyclic) bond motifs is 5. The Kier molecular flexibility index (Phi) is 3.34. The highest BCUT2D eigenvalue weighted by molar-refractivity contribution is 6.01. The minimum Gasteiger partial charge on any atom is -0.329 e. The van der Waals surface area contributed by atoms with Crippen LogP contribution in [0.4, 0.5) is 5.95 Å². The Hall–Kier alpha value is -2.88. The van der Waals surface area contributed by atoms with Crippen LogP contribution in [0, 0.1) is 0 Å². The molecule has 2 aliphatic carbocycles. The van der Waals surface area contributed by atoms with E-state index in [9.17, 15) is 4.79 Å². The molecule has 4 nitrogen and oxygen atoms in total. The van der Waals surface area contributed by atoms with Gasteiger partial charge < -0.3 is 5.32 Å². The molecular formula is C24H23N3O. The van der Waals surface area contributed by atoms with Crippen molar-refractivity contribution < 1.29 is 4.79 Å². The standard InChI is InChI=1S/C24H23N3O/c28-21-15-17(16-8-2-1-3-9-16)14-19-22(21)24(12-6-7-13-24)27-20-11-5-4-10-18(20)25-23(27)26-19/h1-5,8-11,17H,6-7,12-15H2,(H,25,26)/t17-/m1/s1. The predicted molar refractivity (Wildman–Crippen MR) is 110 cm³/mol. The first-order valence-electron chi connectivity index (χ1n) is 10.3. The number of para-hydroxylation sites is 2. The summed E-state index contributed by atoms with van der Waals surface area (Å²) in [7, 11) is 0. The van der Waals surface area contributed by atoms with Crippen molar-refractivity contribution in [1.82, 2.24) is 9.55 Å². The Morgan fingerprint density at radius 2 is 1.71 bits per heavy atom. The highest BCUT2D eigenvalue weighted by atomic mass is 16.1. The van der Waals surface area contributed by atoms with Crippen LogP contribution in [0.5, 0.6) is 0 Å². The van der Waals surface area contributed by atoms with Crippen molar-refractivity contribution in [2.45, 2.75) is 50.0 Å². The van der Waals surface area contributed by atoms with Gasteiger partial charge in [-0.05, 0) is 42.9 Å². The zero-order valence-electron chi connectivity index (χ0n) is 15.8. The fraction of sp³-hybridized carbons (Fsp3) is 0.333. The minimum atomic E-state index is -0.217. The molecule has 1 spiro atoms. The van der Waals surface area contributed by atoms with E-state index in [0.717, 1.165) is 60.4 Å². The average molecular weight is 369 g/mol. The lowest BCUT2D eigenvalue weighted by atomic mass is 9.73. The first kappa shape index (κ1) is 16.1. The number of allylic oxidation sites excluding steroid dienone is 2. The molecule has 3 aromatic rings. The molecule has 0 bridgehead atoms. The normalized spacial score (nSPS) is 23.0. The van der Waals surface area contributed by atoms with Crippen LogP contribution in [0.15, 0.2) is 65.9 Å². The van der Waals surface area contributed by atoms with Gasteiger partial charge in [0.05, 0.1) is 16.6 Å². The number of ketones is 1. The molecule has 4 heteroatoms. The lowest BCUT2D eigenvalue weighted by Gasteiger charge is -2.43. The van der Waals surface area contributed by atoms with E-state index in [2.05, 4.69) is 52.3 Å². The van der Waals surface area contributed by atoms with Gasteiger partial charge in [-0.25, -0.2) is 4.98 Å². The number of benzene rings is 2. The van der Waals surface area contributed by atoms with Gasteiger partial charge in [-0.1, -0.05) is 55.3 Å². The Balaban J connectivity index is 1.53. The third-order valence-corrected chi connectivity index (χ3v) is 6.88. The molecule has 1 fully saturated rings. The number of imidazole rings is 1. The number of aromatic nitrogens is 2. The van der Waals surface area contributed by atoms with Crippen molar-refractivity contribution in [3.05, 3.63) is 71.4 Å². The third kappa shape index (κ3) is 2.12. The summed E-state index contributed by atoms with van der Waals surface area (Å²) in [4.78, 5) is 18.4. The number of nitrogens with zero attached hydrogens (tertiary/aromatic N) is 2. The predicted octanol–water partition coefficient (Wildman–Crippen LogP) is 5.13. The van der Waals surface area contributed by atoms with Crippen LogP contribution in [-0.2, 0) is 10.3 Å². The highest BCUT2D eigenvalue weighted by Crippen LogP contribution is 2.53. The Morgan fingerprint density at radius 3 is 2.54 bits per heavy atom. The lowest BCUT2D eigenvalue weighted by molar-refractivity contribution is -0.117. The van der Waals surface area contributed by atoms with Gasteiger partial charge in [0.2, 0.25) is 5.95 Å². The summed E-state index contributed by atoms with van der Waals surface area (Å²) >= 11 is 0. The number of hydrogen-bond donors (Lipinski definition) is 1. The summed E-state index contributed by atoms with van der Waals surface area (Å²) in [6.45, 7) is 0. The van der Waals surface area contributed by atoms with E-state index >= 15 is 0 Å². The van der Waals surface area contributed by atoms with E-state index in [4.69, 9.17) is 4.98 Å². The molecule has 2 heterocycles. The summed E-state index contributed by atoms with van der Waals surface area (Å²) in [5.41, 5.74) is 5.32. The van der Waals surface area contributed by atoms with Crippen LogP contribution < -0.4 is 5.32 Å². The zero-order valence-corrected chi connectivity index (χ0v) is 15.8. The molecule has 2 aromatic carbocycles. The second-order valence-electron chi connectivity index (χ2n) is 8.42. The van der Waals surface area contributed by atoms with E-state index < -0.39 is 0 Å². The van der Waals surface area contributed by atoms with E-state index in [1.807, 2.05) is 12.1 Å². The fourth-order valence-electron chi connectivity index (χ4n) is 5.75. The lowest BCUT2D eigenvalue weighted by Crippen LogP contribution is -2.44. The molecule has 1 atom stereocenters. The molecule has 0 unspecified atom stereocenters. The molecule has 3 aliphatic rings. The van der Waals surface area contributed by atoms with Crippen LogP contribution in [0.2, 0.25) is 0 Å². The monoisotopic (exact) mass is 369 g/mol. The third-order valence-electron chi connectivity index (χ3n) is 6.88. The van der Waals surface area contributed by atoms with Gasteiger partial charge in [0, 0.05) is 17.7 Å². The first-order valence-corrected chi connectivity index (χ1v) is 10.3. The smallest absolute Gasteiger partial charge is 0.208 e. The van der Waals surface area contributed by atoms with Gasteiger partial charge in [0.1, 0.15) is 0 Å². The second kappa shape index (κ2) is 5.81. The van der Waals surface area contributed by atoms with Crippen molar-refractivity contribution in [1.29, 1.82) is 0 Å². The van der Waals surface area contributed by atoms with Gasteiger partial charge in [0.25, 0.3) is 0 Å². The van der Waals surface area contributed by atoms with Crippen molar-refractivity contribution >= 4 is 22.8 Å². The number of carbonyl (C=O) groups excluding carboxylic acids is 1. The number of hydrogen-bond acceptors (Lipinski definition) is 3. The molecule has 0 saturated heterocycles. The molecule has 1 aromatic heterocycles. The summed E-state index contributed by atoms with van der Waals surface area (Å²) in [5.74, 6) is 1.46. The van der Waals surface area contributed by atoms with Crippen LogP contribution >= 0.6 is 0 Å². The molecule has 1 aliphatic heterocycles. The Morgan fingerprint density at radius 1 is 0.964 bits per heavy atom. The second-order valence-corrected chi connectivity index (χ2v) is 8.42. The van der Waals surface area contributed by atoms with Crippen LogP contribution in [0.25, 0.3) is 11.0 Å². The number of Topliss-reactive ketones (excluding diaryl/α,β-unsaturated/α-hetero) is 1. The van der Waals surface area contributed by atoms with Gasteiger partial charge in [0.15, 0.2) is 5.78 Å². The van der Waals surface area contributed by atoms with Gasteiger partial charge in [-0.2, -0.15) is 0 Å². The molecule has 6 rings (SSSR count). The minimum absolute atomic E-state index is 0.217. The summed E-state index contributed by atoms with van der Waals surface area (Å²) < 4.78 is 2.34. The molecule has 28 heavy (non-hydrogen) atoms. The largest absolute Gasteiger partial charge is 0.329 e. The molecular weight excluding hydrogens is 346 g/mol. The van der Waals surface area contributed by atoms with E-state index in [0.29, 0.717) is 12.2 Å². The Bertz CT molecular complexity index is 1120. The van der Waals surface area contributed by atoms with Crippen molar-refractivity contribution in [3.8, 4) is 0 Å². The number of anilines is 1.